The molecule has 2 aromatic heterocycles. The quantitative estimate of drug-likeness (QED) is 0.908. The third-order valence-corrected chi connectivity index (χ3v) is 2.39. The highest BCUT2D eigenvalue weighted by atomic mass is 79.9. The molecule has 0 saturated carbocycles. The van der Waals surface area contributed by atoms with Crippen molar-refractivity contribution >= 4 is 15.9 Å². The summed E-state index contributed by atoms with van der Waals surface area (Å²) in [4.78, 5) is 15.1. The fourth-order valence-corrected chi connectivity index (χ4v) is 1.56. The number of rotatable bonds is 2. The number of pyridine rings is 1. The van der Waals surface area contributed by atoms with Crippen LogP contribution in [0.4, 0.5) is 0 Å². The van der Waals surface area contributed by atoms with Gasteiger partial charge in [-0.05, 0) is 28.1 Å². The lowest BCUT2D eigenvalue weighted by Gasteiger charge is -2.06. The Bertz CT molecular complexity index is 548. The first-order chi connectivity index (χ1) is 7.70. The fourth-order valence-electron chi connectivity index (χ4n) is 1.25. The van der Waals surface area contributed by atoms with Crippen LogP contribution in [0.2, 0.25) is 0 Å². The van der Waals surface area contributed by atoms with E-state index < -0.39 is 0 Å². The zero-order valence-corrected chi connectivity index (χ0v) is 9.98. The Kier molecular flexibility index (Phi) is 3.00. The van der Waals surface area contributed by atoms with Crippen LogP contribution in [0, 0.1) is 0 Å². The van der Waals surface area contributed by atoms with Crippen molar-refractivity contribution in [2.75, 3.05) is 7.11 Å². The van der Waals surface area contributed by atoms with E-state index in [9.17, 15) is 4.79 Å². The van der Waals surface area contributed by atoms with E-state index in [1.807, 2.05) is 0 Å². The van der Waals surface area contributed by atoms with Crippen molar-refractivity contribution in [1.82, 2.24) is 15.2 Å². The molecule has 0 aromatic carbocycles. The lowest BCUT2D eigenvalue weighted by atomic mass is 10.2. The van der Waals surface area contributed by atoms with Gasteiger partial charge in [-0.3, -0.25) is 4.79 Å². The average molecular weight is 282 g/mol. The Balaban J connectivity index is 2.55. The van der Waals surface area contributed by atoms with Crippen LogP contribution in [0.1, 0.15) is 0 Å². The number of H-pyrrole nitrogens is 1. The molecular weight excluding hydrogens is 274 g/mol. The van der Waals surface area contributed by atoms with Gasteiger partial charge in [0.15, 0.2) is 0 Å². The molecule has 0 spiro atoms. The molecule has 2 rings (SSSR count). The van der Waals surface area contributed by atoms with Crippen LogP contribution < -0.4 is 10.3 Å². The smallest absolute Gasteiger partial charge is 0.264 e. The molecule has 2 heterocycles. The van der Waals surface area contributed by atoms with Gasteiger partial charge in [0.25, 0.3) is 5.56 Å². The topological polar surface area (TPSA) is 67.9 Å². The van der Waals surface area contributed by atoms with E-state index in [2.05, 4.69) is 31.1 Å². The summed E-state index contributed by atoms with van der Waals surface area (Å²) in [5.74, 6) is 0.592. The summed E-state index contributed by atoms with van der Waals surface area (Å²) in [7, 11) is 1.55. The number of hydrogen-bond donors (Lipinski definition) is 1. The number of nitrogens with zero attached hydrogens (tertiary/aromatic N) is 2. The summed E-state index contributed by atoms with van der Waals surface area (Å²) in [6.07, 6.45) is 1.64. The highest BCUT2D eigenvalue weighted by molar-refractivity contribution is 9.10. The van der Waals surface area contributed by atoms with Crippen LogP contribution in [0.3, 0.4) is 0 Å². The third-order valence-electron chi connectivity index (χ3n) is 1.96. The molecule has 0 atom stereocenters. The molecule has 0 radical (unpaired) electrons. The lowest BCUT2D eigenvalue weighted by Crippen LogP contribution is -2.06. The van der Waals surface area contributed by atoms with E-state index in [0.717, 1.165) is 4.47 Å². The van der Waals surface area contributed by atoms with E-state index in [1.54, 1.807) is 25.4 Å². The molecule has 1 N–H and O–H groups in total. The maximum Gasteiger partial charge on any atom is 0.264 e. The molecule has 0 aliphatic heterocycles. The van der Waals surface area contributed by atoms with Crippen LogP contribution in [-0.4, -0.2) is 22.3 Å². The van der Waals surface area contributed by atoms with Crippen molar-refractivity contribution in [2.24, 2.45) is 0 Å². The Morgan fingerprint density at radius 3 is 2.88 bits per heavy atom. The molecule has 0 amide bonds. The molecule has 0 bridgehead atoms. The Labute approximate surface area is 99.6 Å². The zero-order valence-electron chi connectivity index (χ0n) is 8.40. The van der Waals surface area contributed by atoms with Gasteiger partial charge in [-0.15, -0.1) is 0 Å². The molecule has 0 aliphatic carbocycles. The van der Waals surface area contributed by atoms with Crippen LogP contribution in [0.5, 0.6) is 5.75 Å². The molecule has 6 heteroatoms. The standard InChI is InChI=1S/C10H8BrN3O2/c1-16-8-4-6(11)5-12-10(8)7-2-3-9(15)14-13-7/h2-5H,1H3,(H,14,15). The molecule has 2 aromatic rings. The zero-order chi connectivity index (χ0) is 11.5. The van der Waals surface area contributed by atoms with Gasteiger partial charge in [-0.1, -0.05) is 0 Å². The number of hydrogen-bond acceptors (Lipinski definition) is 4. The van der Waals surface area contributed by atoms with E-state index in [0.29, 0.717) is 17.1 Å². The van der Waals surface area contributed by atoms with Crippen molar-refractivity contribution in [1.29, 1.82) is 0 Å². The molecule has 5 nitrogen and oxygen atoms in total. The second kappa shape index (κ2) is 4.44. The normalized spacial score (nSPS) is 10.1. The number of aromatic amines is 1. The minimum Gasteiger partial charge on any atom is -0.494 e. The molecule has 16 heavy (non-hydrogen) atoms. The summed E-state index contributed by atoms with van der Waals surface area (Å²) < 4.78 is 6.00. The van der Waals surface area contributed by atoms with E-state index >= 15 is 0 Å². The van der Waals surface area contributed by atoms with Crippen LogP contribution in [-0.2, 0) is 0 Å². The Morgan fingerprint density at radius 1 is 1.44 bits per heavy atom. The average Bonchev–Trinajstić information content (AvgIpc) is 2.30. The number of methoxy groups -OCH3 is 1. The van der Waals surface area contributed by atoms with Gasteiger partial charge in [0.1, 0.15) is 17.1 Å². The first kappa shape index (κ1) is 10.8. The minimum atomic E-state index is -0.250. The molecule has 0 saturated heterocycles. The summed E-state index contributed by atoms with van der Waals surface area (Å²) in [5.41, 5.74) is 0.894. The van der Waals surface area contributed by atoms with Crippen molar-refractivity contribution in [3.63, 3.8) is 0 Å². The highest BCUT2D eigenvalue weighted by Gasteiger charge is 2.09. The van der Waals surface area contributed by atoms with Gasteiger partial charge in [-0.2, -0.15) is 5.10 Å². The summed E-state index contributed by atoms with van der Waals surface area (Å²) in [5, 5.41) is 6.24. The van der Waals surface area contributed by atoms with E-state index in [-0.39, 0.29) is 5.56 Å². The van der Waals surface area contributed by atoms with E-state index in [1.165, 1.54) is 6.07 Å². The monoisotopic (exact) mass is 281 g/mol. The predicted octanol–water partition coefficient (Wildman–Crippen LogP) is 1.60. The minimum absolute atomic E-state index is 0.250. The summed E-state index contributed by atoms with van der Waals surface area (Å²) in [6.45, 7) is 0. The van der Waals surface area contributed by atoms with Gasteiger partial charge in [0.05, 0.1) is 7.11 Å². The summed E-state index contributed by atoms with van der Waals surface area (Å²) in [6, 6.07) is 4.78. The van der Waals surface area contributed by atoms with Gasteiger partial charge in [-0.25, -0.2) is 10.1 Å². The van der Waals surface area contributed by atoms with Crippen molar-refractivity contribution in [3.8, 4) is 17.1 Å². The SMILES string of the molecule is COc1cc(Br)cnc1-c1ccc(=O)[nH]n1. The molecule has 0 aliphatic rings. The van der Waals surface area contributed by atoms with Gasteiger partial charge >= 0.3 is 0 Å². The largest absolute Gasteiger partial charge is 0.494 e. The fraction of sp³-hybridized carbons (Fsp3) is 0.100. The van der Waals surface area contributed by atoms with Gasteiger partial charge in [0, 0.05) is 16.7 Å². The lowest BCUT2D eigenvalue weighted by molar-refractivity contribution is 0.414. The second-order valence-electron chi connectivity index (χ2n) is 3.01. The molecule has 82 valence electrons. The third kappa shape index (κ3) is 2.11. The van der Waals surface area contributed by atoms with Crippen LogP contribution >= 0.6 is 15.9 Å². The number of halogens is 1. The van der Waals surface area contributed by atoms with Crippen molar-refractivity contribution in [3.05, 3.63) is 39.2 Å². The molecule has 0 fully saturated rings. The second-order valence-corrected chi connectivity index (χ2v) is 3.93. The van der Waals surface area contributed by atoms with Crippen molar-refractivity contribution in [2.45, 2.75) is 0 Å². The van der Waals surface area contributed by atoms with E-state index in [4.69, 9.17) is 4.74 Å². The van der Waals surface area contributed by atoms with Crippen LogP contribution in [0.25, 0.3) is 11.4 Å². The maximum atomic E-state index is 10.9. The summed E-state index contributed by atoms with van der Waals surface area (Å²) >= 11 is 3.30. The highest BCUT2D eigenvalue weighted by Crippen LogP contribution is 2.27. The number of aromatic nitrogens is 3. The Hall–Kier alpha value is -1.69. The molecule has 0 unspecified atom stereocenters. The van der Waals surface area contributed by atoms with Gasteiger partial charge < -0.3 is 4.74 Å². The number of nitrogens with one attached hydrogen (secondary N) is 1. The van der Waals surface area contributed by atoms with Crippen LogP contribution in [0.15, 0.2) is 33.7 Å². The first-order valence-corrected chi connectivity index (χ1v) is 5.25. The Morgan fingerprint density at radius 2 is 2.25 bits per heavy atom. The maximum absolute atomic E-state index is 10.9. The van der Waals surface area contributed by atoms with Crippen molar-refractivity contribution < 1.29 is 4.74 Å². The van der Waals surface area contributed by atoms with Gasteiger partial charge in [0.2, 0.25) is 0 Å². The predicted molar refractivity (Wildman–Crippen MR) is 62.3 cm³/mol. The number of ether oxygens (including phenoxy) is 1. The first-order valence-electron chi connectivity index (χ1n) is 4.46. The molecular formula is C10H8BrN3O2.